The van der Waals surface area contributed by atoms with E-state index in [1.807, 2.05) is 6.19 Å². The van der Waals surface area contributed by atoms with Crippen LogP contribution in [-0.2, 0) is 4.79 Å². The van der Waals surface area contributed by atoms with Crippen molar-refractivity contribution in [3.8, 4) is 6.19 Å². The van der Waals surface area contributed by atoms with Gasteiger partial charge in [0.1, 0.15) is 0 Å². The first-order chi connectivity index (χ1) is 7.69. The number of rotatable bonds is 2. The molecule has 1 amide bonds. The van der Waals surface area contributed by atoms with Crippen LogP contribution in [0.1, 0.15) is 6.42 Å². The zero-order valence-corrected chi connectivity index (χ0v) is 9.13. The number of carbonyl (C=O) groups excluding carboxylic acids is 1. The molecule has 7 heteroatoms. The smallest absolute Gasteiger partial charge is 0.231 e. The molecule has 16 heavy (non-hydrogen) atoms. The van der Waals surface area contributed by atoms with Gasteiger partial charge in [0, 0.05) is 13.1 Å². The van der Waals surface area contributed by atoms with E-state index in [4.69, 9.17) is 5.26 Å². The van der Waals surface area contributed by atoms with Gasteiger partial charge in [-0.05, 0) is 6.42 Å². The average Bonchev–Trinajstić information content (AvgIpc) is 2.87. The van der Waals surface area contributed by atoms with Crippen molar-refractivity contribution in [2.75, 3.05) is 18.4 Å². The van der Waals surface area contributed by atoms with Crippen LogP contribution >= 0.6 is 11.3 Å². The minimum absolute atomic E-state index is 0.202. The number of hydrogen-bond acceptors (Lipinski definition) is 5. The van der Waals surface area contributed by atoms with Crippen LogP contribution in [0.2, 0.25) is 0 Å². The number of nitrogens with one attached hydrogen (secondary N) is 1. The van der Waals surface area contributed by atoms with E-state index in [2.05, 4.69) is 10.3 Å². The van der Waals surface area contributed by atoms with Gasteiger partial charge in [-0.3, -0.25) is 4.79 Å². The number of hydrogen-bond donors (Lipinski definition) is 1. The van der Waals surface area contributed by atoms with Crippen LogP contribution in [0.3, 0.4) is 0 Å². The summed E-state index contributed by atoms with van der Waals surface area (Å²) in [6.07, 6.45) is 3.71. The highest BCUT2D eigenvalue weighted by molar-refractivity contribution is 7.14. The Kier molecular flexibility index (Phi) is 3.01. The summed E-state index contributed by atoms with van der Waals surface area (Å²) >= 11 is 0.793. The minimum Gasteiger partial charge on any atom is -0.310 e. The Labute approximate surface area is 95.5 Å². The molecular formula is C9H9FN4OS. The number of nitrogens with zero attached hydrogens (tertiary/aromatic N) is 3. The lowest BCUT2D eigenvalue weighted by Crippen LogP contribution is -2.25. The van der Waals surface area contributed by atoms with Crippen LogP contribution in [0.4, 0.5) is 9.52 Å². The molecule has 0 saturated carbocycles. The molecule has 1 fully saturated rings. The molecule has 1 atom stereocenters. The van der Waals surface area contributed by atoms with Gasteiger partial charge in [0.15, 0.2) is 16.5 Å². The zero-order chi connectivity index (χ0) is 11.5. The predicted molar refractivity (Wildman–Crippen MR) is 56.0 cm³/mol. The molecule has 2 rings (SSSR count). The number of halogens is 1. The third-order valence-electron chi connectivity index (χ3n) is 2.41. The lowest BCUT2D eigenvalue weighted by Gasteiger charge is -2.08. The topological polar surface area (TPSA) is 69.0 Å². The molecule has 1 aromatic heterocycles. The normalized spacial score (nSPS) is 19.5. The second kappa shape index (κ2) is 4.45. The second-order valence-electron chi connectivity index (χ2n) is 3.49. The Morgan fingerprint density at radius 3 is 3.19 bits per heavy atom. The standard InChI is InChI=1S/C9H9FN4OS/c10-7-3-12-9(16-7)13-8(15)6-1-2-14(4-6)5-11/h3,6H,1-2,4H2,(H,12,13,15)/t6-/m0/s1. The molecule has 2 heterocycles. The molecule has 1 N–H and O–H groups in total. The Balaban J connectivity index is 1.92. The lowest BCUT2D eigenvalue weighted by molar-refractivity contribution is -0.119. The second-order valence-corrected chi connectivity index (χ2v) is 4.47. The van der Waals surface area contributed by atoms with Crippen molar-refractivity contribution < 1.29 is 9.18 Å². The molecule has 0 aromatic carbocycles. The first kappa shape index (κ1) is 10.8. The summed E-state index contributed by atoms with van der Waals surface area (Å²) in [6.45, 7) is 1.02. The fourth-order valence-corrected chi connectivity index (χ4v) is 2.13. The molecular weight excluding hydrogens is 231 g/mol. The summed E-state index contributed by atoms with van der Waals surface area (Å²) in [5.74, 6) is -0.418. The van der Waals surface area contributed by atoms with Gasteiger partial charge in [-0.15, -0.1) is 0 Å². The number of aromatic nitrogens is 1. The summed E-state index contributed by atoms with van der Waals surface area (Å²) in [4.78, 5) is 16.9. The van der Waals surface area contributed by atoms with Gasteiger partial charge in [-0.1, -0.05) is 11.3 Å². The monoisotopic (exact) mass is 240 g/mol. The highest BCUT2D eigenvalue weighted by atomic mass is 32.1. The van der Waals surface area contributed by atoms with Gasteiger partial charge in [0.2, 0.25) is 5.91 Å². The third kappa shape index (κ3) is 2.28. The number of amides is 1. The van der Waals surface area contributed by atoms with E-state index < -0.39 is 5.13 Å². The number of carbonyl (C=O) groups is 1. The molecule has 1 aromatic rings. The molecule has 5 nitrogen and oxygen atoms in total. The summed E-state index contributed by atoms with van der Waals surface area (Å²) in [6, 6.07) is 0. The molecule has 0 bridgehead atoms. The summed E-state index contributed by atoms with van der Waals surface area (Å²) in [7, 11) is 0. The number of anilines is 1. The van der Waals surface area contributed by atoms with Crippen molar-refractivity contribution in [1.29, 1.82) is 5.26 Å². The largest absolute Gasteiger partial charge is 0.310 e. The van der Waals surface area contributed by atoms with Crippen LogP contribution in [0, 0.1) is 22.5 Å². The van der Waals surface area contributed by atoms with Gasteiger partial charge in [0.25, 0.3) is 0 Å². The Morgan fingerprint density at radius 2 is 2.62 bits per heavy atom. The molecule has 0 aliphatic carbocycles. The third-order valence-corrected chi connectivity index (χ3v) is 3.11. The SMILES string of the molecule is N#CN1CC[C@H](C(=O)Nc2ncc(F)s2)C1. The molecule has 1 saturated heterocycles. The van der Waals surface area contributed by atoms with Gasteiger partial charge in [-0.2, -0.15) is 9.65 Å². The molecule has 1 aliphatic heterocycles. The lowest BCUT2D eigenvalue weighted by atomic mass is 10.1. The Hall–Kier alpha value is -1.68. The van der Waals surface area contributed by atoms with Crippen LogP contribution in [0.25, 0.3) is 0 Å². The molecule has 84 valence electrons. The fraction of sp³-hybridized carbons (Fsp3) is 0.444. The van der Waals surface area contributed by atoms with E-state index in [9.17, 15) is 9.18 Å². The molecule has 1 aliphatic rings. The first-order valence-electron chi connectivity index (χ1n) is 4.76. The zero-order valence-electron chi connectivity index (χ0n) is 8.31. The molecule has 0 radical (unpaired) electrons. The molecule has 0 spiro atoms. The minimum atomic E-state index is -0.430. The van der Waals surface area contributed by atoms with Gasteiger partial charge in [0.05, 0.1) is 12.1 Å². The maximum atomic E-state index is 12.6. The maximum Gasteiger partial charge on any atom is 0.231 e. The van der Waals surface area contributed by atoms with Crippen molar-refractivity contribution in [2.24, 2.45) is 5.92 Å². The van der Waals surface area contributed by atoms with E-state index >= 15 is 0 Å². The van der Waals surface area contributed by atoms with Crippen molar-refractivity contribution in [3.63, 3.8) is 0 Å². The van der Waals surface area contributed by atoms with Crippen LogP contribution in [0.5, 0.6) is 0 Å². The van der Waals surface area contributed by atoms with E-state index in [0.29, 0.717) is 19.5 Å². The summed E-state index contributed by atoms with van der Waals surface area (Å²) in [5.41, 5.74) is 0. The van der Waals surface area contributed by atoms with Crippen molar-refractivity contribution in [2.45, 2.75) is 6.42 Å². The Morgan fingerprint density at radius 1 is 1.81 bits per heavy atom. The highest BCUT2D eigenvalue weighted by Crippen LogP contribution is 2.20. The van der Waals surface area contributed by atoms with Gasteiger partial charge in [-0.25, -0.2) is 4.98 Å². The van der Waals surface area contributed by atoms with E-state index in [0.717, 1.165) is 17.5 Å². The van der Waals surface area contributed by atoms with Crippen molar-refractivity contribution in [3.05, 3.63) is 11.3 Å². The number of nitriles is 1. The first-order valence-corrected chi connectivity index (χ1v) is 5.57. The quantitative estimate of drug-likeness (QED) is 0.784. The summed E-state index contributed by atoms with van der Waals surface area (Å²) in [5, 5.41) is 11.0. The van der Waals surface area contributed by atoms with Crippen LogP contribution in [0.15, 0.2) is 6.20 Å². The average molecular weight is 240 g/mol. The summed E-state index contributed by atoms with van der Waals surface area (Å²) < 4.78 is 12.6. The van der Waals surface area contributed by atoms with E-state index in [1.165, 1.54) is 4.90 Å². The van der Waals surface area contributed by atoms with Gasteiger partial charge < -0.3 is 10.2 Å². The maximum absolute atomic E-state index is 12.6. The van der Waals surface area contributed by atoms with Crippen molar-refractivity contribution >= 4 is 22.4 Å². The molecule has 0 unspecified atom stereocenters. The predicted octanol–water partition coefficient (Wildman–Crippen LogP) is 1.02. The van der Waals surface area contributed by atoms with Crippen LogP contribution < -0.4 is 5.32 Å². The van der Waals surface area contributed by atoms with Crippen molar-refractivity contribution in [1.82, 2.24) is 9.88 Å². The van der Waals surface area contributed by atoms with E-state index in [-0.39, 0.29) is 17.0 Å². The number of likely N-dealkylation sites (tertiary alicyclic amines) is 1. The van der Waals surface area contributed by atoms with E-state index in [1.54, 1.807) is 0 Å². The Bertz CT molecular complexity index is 441. The fourth-order valence-electron chi connectivity index (χ4n) is 1.58. The number of thiazole rings is 1. The highest BCUT2D eigenvalue weighted by Gasteiger charge is 2.28. The van der Waals surface area contributed by atoms with Gasteiger partial charge >= 0.3 is 0 Å². The van der Waals surface area contributed by atoms with Crippen LogP contribution in [-0.4, -0.2) is 28.9 Å².